The first-order chi connectivity index (χ1) is 22.4. The highest BCUT2D eigenvalue weighted by atomic mass is 16.5. The number of aromatic nitrogens is 1. The van der Waals surface area contributed by atoms with Gasteiger partial charge >= 0.3 is 5.97 Å². The quantitative estimate of drug-likeness (QED) is 0.247. The van der Waals surface area contributed by atoms with Gasteiger partial charge in [-0.2, -0.15) is 0 Å². The molecule has 3 heterocycles. The molecule has 1 fully saturated rings. The maximum absolute atomic E-state index is 12.9. The summed E-state index contributed by atoms with van der Waals surface area (Å²) in [4.78, 5) is 22.8. The number of aliphatic carboxylic acids is 1. The van der Waals surface area contributed by atoms with Crippen molar-refractivity contribution in [3.8, 4) is 16.9 Å². The Hall–Kier alpha value is -3.42. The molecule has 260 valence electrons. The molecule has 5 rings (SSSR count). The summed E-state index contributed by atoms with van der Waals surface area (Å²) in [6, 6.07) is 11.2. The van der Waals surface area contributed by atoms with Crippen LogP contribution in [0.2, 0.25) is 0 Å². The number of piperidine rings is 1. The van der Waals surface area contributed by atoms with Gasteiger partial charge in [0.05, 0.1) is 17.4 Å². The Balaban J connectivity index is 1.52. The van der Waals surface area contributed by atoms with E-state index in [1.54, 1.807) is 0 Å². The number of carboxylic acid groups (broad SMARTS) is 1. The molecule has 0 unspecified atom stereocenters. The first-order valence-electron chi connectivity index (χ1n) is 17.7. The fraction of sp³-hybridized carbons (Fsp3) is 0.561. The molecule has 3 aromatic rings. The number of hydrogen-bond acceptors (Lipinski definition) is 6. The summed E-state index contributed by atoms with van der Waals surface area (Å²) in [6.45, 7) is 27.4. The van der Waals surface area contributed by atoms with E-state index in [1.807, 2.05) is 27.7 Å². The van der Waals surface area contributed by atoms with Crippen molar-refractivity contribution in [1.82, 2.24) is 9.88 Å². The summed E-state index contributed by atoms with van der Waals surface area (Å²) in [5.41, 5.74) is 11.6. The summed E-state index contributed by atoms with van der Waals surface area (Å²) in [6.07, 6.45) is 2.07. The van der Waals surface area contributed by atoms with Crippen molar-refractivity contribution in [2.75, 3.05) is 24.5 Å². The third kappa shape index (κ3) is 8.06. The number of hydrogen-bond donors (Lipinski definition) is 1. The number of aryl methyl sites for hydroxylation is 4. The van der Waals surface area contributed by atoms with Crippen LogP contribution in [0.25, 0.3) is 11.1 Å². The van der Waals surface area contributed by atoms with Crippen molar-refractivity contribution in [2.45, 2.75) is 126 Å². The van der Waals surface area contributed by atoms with Crippen LogP contribution in [-0.2, 0) is 29.0 Å². The van der Waals surface area contributed by atoms with Gasteiger partial charge in [-0.1, -0.05) is 32.0 Å². The highest BCUT2D eigenvalue weighted by molar-refractivity contribution is 5.88. The summed E-state index contributed by atoms with van der Waals surface area (Å²) in [7, 11) is 0. The van der Waals surface area contributed by atoms with Gasteiger partial charge < -0.3 is 19.5 Å². The van der Waals surface area contributed by atoms with E-state index >= 15 is 0 Å². The number of fused-ring (bicyclic) bond motifs is 1. The average Bonchev–Trinajstić information content (AvgIpc) is 2.97. The molecule has 0 amide bonds. The molecule has 7 nitrogen and oxygen atoms in total. The van der Waals surface area contributed by atoms with Crippen LogP contribution in [0.1, 0.15) is 112 Å². The maximum atomic E-state index is 12.9. The molecule has 48 heavy (non-hydrogen) atoms. The second-order valence-electron chi connectivity index (χ2n) is 16.2. The zero-order valence-corrected chi connectivity index (χ0v) is 31.2. The molecule has 0 bridgehead atoms. The Bertz CT molecular complexity index is 1640. The predicted molar refractivity (Wildman–Crippen MR) is 195 cm³/mol. The van der Waals surface area contributed by atoms with Crippen LogP contribution in [0.3, 0.4) is 0 Å². The number of anilines is 1. The van der Waals surface area contributed by atoms with Gasteiger partial charge in [-0.15, -0.1) is 0 Å². The molecule has 0 radical (unpaired) electrons. The summed E-state index contributed by atoms with van der Waals surface area (Å²) < 4.78 is 12.3. The van der Waals surface area contributed by atoms with Gasteiger partial charge in [0.25, 0.3) is 0 Å². The number of pyridine rings is 1. The zero-order chi connectivity index (χ0) is 35.1. The van der Waals surface area contributed by atoms with E-state index in [9.17, 15) is 9.90 Å². The number of carbonyl (C=O) groups is 1. The standard InChI is InChI=1S/C41H57N3O4/c1-25(2)47-33-20-26(3)34(27(4)21-33)24-43-17-14-30-22-31(12-13-32(30)23-43)35-28(5)42-29(6)36(38(39(45)46)48-40(7,8)9)37(35)44-18-15-41(10,11)16-19-44/h12-13,20-22,25,38H,14-19,23-24H2,1-11H3,(H,45,46)/t38-/m0/s1. The Labute approximate surface area is 288 Å². The molecule has 2 aliphatic rings. The van der Waals surface area contributed by atoms with Crippen LogP contribution in [-0.4, -0.2) is 52.3 Å². The van der Waals surface area contributed by atoms with E-state index < -0.39 is 17.7 Å². The molecule has 0 saturated carbocycles. The van der Waals surface area contributed by atoms with E-state index in [0.29, 0.717) is 5.56 Å². The van der Waals surface area contributed by atoms with Crippen molar-refractivity contribution >= 4 is 11.7 Å². The van der Waals surface area contributed by atoms with Gasteiger partial charge in [0.15, 0.2) is 6.10 Å². The Kier molecular flexibility index (Phi) is 10.3. The van der Waals surface area contributed by atoms with Crippen molar-refractivity contribution in [2.24, 2.45) is 5.41 Å². The first-order valence-corrected chi connectivity index (χ1v) is 17.7. The Morgan fingerprint density at radius 1 is 0.958 bits per heavy atom. The molecule has 0 aliphatic carbocycles. The third-order valence-corrected chi connectivity index (χ3v) is 9.98. The minimum atomic E-state index is -1.12. The fourth-order valence-corrected chi connectivity index (χ4v) is 7.42. The molecular weight excluding hydrogens is 598 g/mol. The zero-order valence-electron chi connectivity index (χ0n) is 31.2. The Morgan fingerprint density at radius 3 is 2.19 bits per heavy atom. The molecule has 1 aromatic heterocycles. The van der Waals surface area contributed by atoms with Crippen molar-refractivity contribution in [1.29, 1.82) is 0 Å². The van der Waals surface area contributed by atoms with Crippen LogP contribution in [0.4, 0.5) is 5.69 Å². The summed E-state index contributed by atoms with van der Waals surface area (Å²) in [5, 5.41) is 10.5. The molecule has 1 N–H and O–H groups in total. The number of ether oxygens (including phenoxy) is 2. The first kappa shape index (κ1) is 35.9. The highest BCUT2D eigenvalue weighted by Gasteiger charge is 2.36. The van der Waals surface area contributed by atoms with Gasteiger partial charge in [-0.25, -0.2) is 4.79 Å². The lowest BCUT2D eigenvalue weighted by Crippen LogP contribution is -2.39. The largest absolute Gasteiger partial charge is 0.491 e. The molecule has 1 atom stereocenters. The minimum Gasteiger partial charge on any atom is -0.491 e. The average molecular weight is 656 g/mol. The van der Waals surface area contributed by atoms with E-state index in [1.165, 1.54) is 27.8 Å². The van der Waals surface area contributed by atoms with Crippen molar-refractivity contribution < 1.29 is 19.4 Å². The molecule has 2 aliphatic heterocycles. The van der Waals surface area contributed by atoms with Gasteiger partial charge in [0.2, 0.25) is 0 Å². The fourth-order valence-electron chi connectivity index (χ4n) is 7.42. The number of benzene rings is 2. The predicted octanol–water partition coefficient (Wildman–Crippen LogP) is 8.89. The van der Waals surface area contributed by atoms with Crippen LogP contribution < -0.4 is 9.64 Å². The van der Waals surface area contributed by atoms with Crippen LogP contribution >= 0.6 is 0 Å². The van der Waals surface area contributed by atoms with E-state index in [4.69, 9.17) is 14.5 Å². The molecule has 0 spiro atoms. The van der Waals surface area contributed by atoms with E-state index in [0.717, 1.165) is 85.9 Å². The van der Waals surface area contributed by atoms with Gasteiger partial charge in [0.1, 0.15) is 5.75 Å². The normalized spacial score (nSPS) is 17.4. The maximum Gasteiger partial charge on any atom is 0.337 e. The lowest BCUT2D eigenvalue weighted by Gasteiger charge is -2.41. The van der Waals surface area contributed by atoms with Gasteiger partial charge in [-0.05, 0) is 133 Å². The monoisotopic (exact) mass is 655 g/mol. The number of carboxylic acids is 1. The molecule has 1 saturated heterocycles. The topological polar surface area (TPSA) is 75.1 Å². The summed E-state index contributed by atoms with van der Waals surface area (Å²) >= 11 is 0. The molecular formula is C41H57N3O4. The van der Waals surface area contributed by atoms with Crippen LogP contribution in [0.5, 0.6) is 5.75 Å². The molecule has 2 aromatic carbocycles. The second-order valence-corrected chi connectivity index (χ2v) is 16.2. The lowest BCUT2D eigenvalue weighted by molar-refractivity contribution is -0.160. The van der Waals surface area contributed by atoms with Gasteiger partial charge in [0, 0.05) is 55.2 Å². The number of rotatable bonds is 9. The smallest absolute Gasteiger partial charge is 0.337 e. The van der Waals surface area contributed by atoms with Crippen LogP contribution in [0, 0.1) is 33.1 Å². The number of nitrogens with zero attached hydrogens (tertiary/aromatic N) is 3. The summed E-state index contributed by atoms with van der Waals surface area (Å²) in [5.74, 6) is -0.0436. The lowest BCUT2D eigenvalue weighted by atomic mass is 9.81. The van der Waals surface area contributed by atoms with Gasteiger partial charge in [-0.3, -0.25) is 9.88 Å². The SMILES string of the molecule is Cc1cc(OC(C)C)cc(C)c1CN1CCc2cc(-c3c(C)nc(C)c([C@H](OC(C)(C)C)C(=O)O)c3N3CCC(C)(C)CC3)ccc2C1. The van der Waals surface area contributed by atoms with Crippen LogP contribution in [0.15, 0.2) is 30.3 Å². The second kappa shape index (κ2) is 13.8. The highest BCUT2D eigenvalue weighted by Crippen LogP contribution is 2.45. The van der Waals surface area contributed by atoms with Crippen molar-refractivity contribution in [3.63, 3.8) is 0 Å². The van der Waals surface area contributed by atoms with E-state index in [2.05, 4.69) is 88.6 Å². The van der Waals surface area contributed by atoms with Crippen molar-refractivity contribution in [3.05, 3.63) is 75.1 Å². The Morgan fingerprint density at radius 2 is 1.60 bits per heavy atom. The minimum absolute atomic E-state index is 0.155. The third-order valence-electron chi connectivity index (χ3n) is 9.98. The molecule has 7 heteroatoms. The van der Waals surface area contributed by atoms with E-state index in [-0.39, 0.29) is 11.5 Å².